The van der Waals surface area contributed by atoms with Gasteiger partial charge in [-0.1, -0.05) is 22.9 Å². The maximum atomic E-state index is 3.78. The Bertz CT molecular complexity index is 120. The van der Waals surface area contributed by atoms with Gasteiger partial charge in [0.25, 0.3) is 0 Å². The average Bonchev–Trinajstić information content (AvgIpc) is 2.31. The lowest BCUT2D eigenvalue weighted by Gasteiger charge is -2.08. The van der Waals surface area contributed by atoms with Crippen LogP contribution in [0.3, 0.4) is 0 Å². The number of halogens is 1. The average molecular weight is 175 g/mol. The molecule has 3 atom stereocenters. The number of fused-ring (bicyclic) bond motifs is 1. The van der Waals surface area contributed by atoms with Crippen molar-refractivity contribution in [2.75, 3.05) is 0 Å². The van der Waals surface area contributed by atoms with Crippen LogP contribution in [-0.2, 0) is 0 Å². The number of alkyl halides is 1. The Labute approximate surface area is 58.8 Å². The Morgan fingerprint density at radius 3 is 2.38 bits per heavy atom. The predicted molar refractivity (Wildman–Crippen MR) is 38.2 cm³/mol. The molecular weight excluding hydrogens is 164 g/mol. The Morgan fingerprint density at radius 2 is 2.25 bits per heavy atom. The zero-order valence-corrected chi connectivity index (χ0v) is 6.74. The number of hydrogen-bond donors (Lipinski definition) is 0. The monoisotopic (exact) mass is 174 g/mol. The van der Waals surface area contributed by atoms with Crippen LogP contribution in [0.5, 0.6) is 0 Å². The van der Waals surface area contributed by atoms with Crippen molar-refractivity contribution in [3.63, 3.8) is 0 Å². The Hall–Kier alpha value is 0.480. The highest BCUT2D eigenvalue weighted by Crippen LogP contribution is 2.64. The van der Waals surface area contributed by atoms with E-state index >= 15 is 0 Å². The van der Waals surface area contributed by atoms with E-state index in [1.807, 2.05) is 0 Å². The summed E-state index contributed by atoms with van der Waals surface area (Å²) in [6, 6.07) is 0. The van der Waals surface area contributed by atoms with Crippen molar-refractivity contribution in [1.29, 1.82) is 0 Å². The van der Waals surface area contributed by atoms with Crippen molar-refractivity contribution in [1.82, 2.24) is 0 Å². The third-order valence-corrected chi connectivity index (χ3v) is 4.60. The molecule has 0 aliphatic heterocycles. The summed E-state index contributed by atoms with van der Waals surface area (Å²) in [6.45, 7) is 2.36. The van der Waals surface area contributed by atoms with Gasteiger partial charge in [0.1, 0.15) is 0 Å². The minimum atomic E-state index is 0.632. The van der Waals surface area contributed by atoms with Crippen LogP contribution in [-0.4, -0.2) is 4.32 Å². The fourth-order valence-corrected chi connectivity index (χ4v) is 2.80. The summed E-state index contributed by atoms with van der Waals surface area (Å²) in [5.41, 5.74) is 0. The normalized spacial score (nSPS) is 60.8. The third kappa shape index (κ3) is 0.464. The van der Waals surface area contributed by atoms with Crippen LogP contribution in [0, 0.1) is 11.8 Å². The summed E-state index contributed by atoms with van der Waals surface area (Å²) in [5, 5.41) is 0. The van der Waals surface area contributed by atoms with Crippen LogP contribution in [0.1, 0.15) is 26.2 Å². The molecule has 2 rings (SSSR count). The summed E-state index contributed by atoms with van der Waals surface area (Å²) >= 11 is 3.78. The van der Waals surface area contributed by atoms with Gasteiger partial charge in [0.15, 0.2) is 0 Å². The smallest absolute Gasteiger partial charge is 0.0315 e. The first-order valence-electron chi connectivity index (χ1n) is 3.42. The Balaban J connectivity index is 2.19. The van der Waals surface area contributed by atoms with E-state index in [2.05, 4.69) is 22.9 Å². The van der Waals surface area contributed by atoms with Gasteiger partial charge < -0.3 is 0 Å². The molecule has 2 fully saturated rings. The van der Waals surface area contributed by atoms with Crippen LogP contribution in [0.2, 0.25) is 0 Å². The summed E-state index contributed by atoms with van der Waals surface area (Å²) in [4.78, 5) is 0. The van der Waals surface area contributed by atoms with Crippen LogP contribution in [0.25, 0.3) is 0 Å². The van der Waals surface area contributed by atoms with E-state index < -0.39 is 0 Å². The molecule has 0 aromatic rings. The van der Waals surface area contributed by atoms with E-state index in [1.54, 1.807) is 0 Å². The molecule has 0 unspecified atom stereocenters. The first-order chi connectivity index (χ1) is 3.73. The molecular formula is C7H11Br. The molecule has 0 aromatic heterocycles. The predicted octanol–water partition coefficient (Wildman–Crippen LogP) is 2.57. The van der Waals surface area contributed by atoms with Gasteiger partial charge in [-0.25, -0.2) is 0 Å². The minimum Gasteiger partial charge on any atom is -0.0847 e. The summed E-state index contributed by atoms with van der Waals surface area (Å²) < 4.78 is 0.632. The lowest BCUT2D eigenvalue weighted by molar-refractivity contribution is 0.562. The third-order valence-electron chi connectivity index (χ3n) is 2.85. The van der Waals surface area contributed by atoms with Crippen molar-refractivity contribution in [3.8, 4) is 0 Å². The second kappa shape index (κ2) is 1.31. The molecule has 1 heteroatoms. The van der Waals surface area contributed by atoms with Gasteiger partial charge in [-0.3, -0.25) is 0 Å². The van der Waals surface area contributed by atoms with Crippen molar-refractivity contribution in [3.05, 3.63) is 0 Å². The molecule has 2 saturated carbocycles. The molecule has 0 amide bonds. The molecule has 8 heavy (non-hydrogen) atoms. The summed E-state index contributed by atoms with van der Waals surface area (Å²) in [5.74, 6) is 2.00. The quantitative estimate of drug-likeness (QED) is 0.496. The molecule has 0 spiro atoms. The van der Waals surface area contributed by atoms with E-state index in [-0.39, 0.29) is 0 Å². The molecule has 46 valence electrons. The van der Waals surface area contributed by atoms with Crippen molar-refractivity contribution in [2.45, 2.75) is 30.5 Å². The van der Waals surface area contributed by atoms with Gasteiger partial charge in [0.2, 0.25) is 0 Å². The largest absolute Gasteiger partial charge is 0.0847 e. The van der Waals surface area contributed by atoms with Crippen molar-refractivity contribution < 1.29 is 0 Å². The molecule has 0 saturated heterocycles. The van der Waals surface area contributed by atoms with Gasteiger partial charge in [-0.2, -0.15) is 0 Å². The van der Waals surface area contributed by atoms with Crippen LogP contribution in [0.4, 0.5) is 0 Å². The van der Waals surface area contributed by atoms with Crippen molar-refractivity contribution in [2.24, 2.45) is 11.8 Å². The standard InChI is InChI=1S/C7H11Br/c1-5-2-3-6-4-7(5,6)8/h5-6H,2-4H2,1H3/t5-,6-,7+/m1/s1. The van der Waals surface area contributed by atoms with Gasteiger partial charge in [0.05, 0.1) is 0 Å². The first-order valence-corrected chi connectivity index (χ1v) is 4.21. The van der Waals surface area contributed by atoms with E-state index in [0.29, 0.717) is 4.32 Å². The molecule has 2 aliphatic rings. The number of rotatable bonds is 0. The SMILES string of the molecule is C[C@@H]1CC[C@@H]2C[C@@]21Br. The number of hydrogen-bond acceptors (Lipinski definition) is 0. The molecule has 0 nitrogen and oxygen atoms in total. The van der Waals surface area contributed by atoms with Gasteiger partial charge in [-0.15, -0.1) is 0 Å². The maximum absolute atomic E-state index is 3.78. The van der Waals surface area contributed by atoms with Gasteiger partial charge in [0, 0.05) is 4.32 Å². The van der Waals surface area contributed by atoms with E-state index in [4.69, 9.17) is 0 Å². The highest BCUT2D eigenvalue weighted by molar-refractivity contribution is 9.10. The first kappa shape index (κ1) is 5.28. The fraction of sp³-hybridized carbons (Fsp3) is 1.00. The van der Waals surface area contributed by atoms with Crippen LogP contribution in [0.15, 0.2) is 0 Å². The van der Waals surface area contributed by atoms with Crippen molar-refractivity contribution >= 4 is 15.9 Å². The zero-order valence-electron chi connectivity index (χ0n) is 5.15. The van der Waals surface area contributed by atoms with Crippen LogP contribution >= 0.6 is 15.9 Å². The van der Waals surface area contributed by atoms with Gasteiger partial charge >= 0.3 is 0 Å². The Morgan fingerprint density at radius 1 is 1.50 bits per heavy atom. The fourth-order valence-electron chi connectivity index (χ4n) is 1.96. The van der Waals surface area contributed by atoms with E-state index in [0.717, 1.165) is 11.8 Å². The maximum Gasteiger partial charge on any atom is 0.0315 e. The highest BCUT2D eigenvalue weighted by atomic mass is 79.9. The summed E-state index contributed by atoms with van der Waals surface area (Å²) in [7, 11) is 0. The minimum absolute atomic E-state index is 0.632. The molecule has 0 heterocycles. The summed E-state index contributed by atoms with van der Waals surface area (Å²) in [6.07, 6.45) is 4.39. The molecule has 0 aromatic carbocycles. The Kier molecular flexibility index (Phi) is 0.865. The molecule has 2 aliphatic carbocycles. The molecule has 0 radical (unpaired) electrons. The van der Waals surface area contributed by atoms with E-state index in [9.17, 15) is 0 Å². The highest BCUT2D eigenvalue weighted by Gasteiger charge is 2.59. The van der Waals surface area contributed by atoms with E-state index in [1.165, 1.54) is 19.3 Å². The molecule has 0 bridgehead atoms. The lowest BCUT2D eigenvalue weighted by atomic mass is 10.1. The second-order valence-corrected chi connectivity index (χ2v) is 4.78. The molecule has 0 N–H and O–H groups in total. The van der Waals surface area contributed by atoms with Gasteiger partial charge in [-0.05, 0) is 31.1 Å². The zero-order chi connectivity index (χ0) is 5.78. The lowest BCUT2D eigenvalue weighted by Crippen LogP contribution is -2.06. The van der Waals surface area contributed by atoms with Crippen LogP contribution < -0.4 is 0 Å². The second-order valence-electron chi connectivity index (χ2n) is 3.31. The topological polar surface area (TPSA) is 0 Å².